The first-order chi connectivity index (χ1) is 13.3. The maximum Gasteiger partial charge on any atom is 0.0711 e. The molecule has 0 spiro atoms. The molecule has 0 atom stereocenters. The number of hydrogen-bond acceptors (Lipinski definition) is 2. The van der Waals surface area contributed by atoms with Gasteiger partial charge in [0.2, 0.25) is 0 Å². The zero-order chi connectivity index (χ0) is 18.2. The zero-order valence-corrected chi connectivity index (χ0v) is 17.6. The molecule has 0 N–H and O–H groups in total. The number of rotatable bonds is 3. The van der Waals surface area contributed by atoms with Crippen molar-refractivity contribution in [1.82, 2.24) is 0 Å². The van der Waals surface area contributed by atoms with E-state index in [9.17, 15) is 0 Å². The molecule has 0 unspecified atom stereocenters. The summed E-state index contributed by atoms with van der Waals surface area (Å²) in [6.07, 6.45) is 0. The highest BCUT2D eigenvalue weighted by molar-refractivity contribution is 9.11. The molecule has 27 heavy (non-hydrogen) atoms. The Morgan fingerprint density at radius 2 is 1.22 bits per heavy atom. The van der Waals surface area contributed by atoms with Gasteiger partial charge < -0.3 is 0 Å². The molecule has 3 aromatic carbocycles. The zero-order valence-electron chi connectivity index (χ0n) is 14.4. The van der Waals surface area contributed by atoms with Crippen LogP contribution in [0.2, 0.25) is 0 Å². The number of hydrogen-bond donors (Lipinski definition) is 0. The van der Waals surface area contributed by atoms with Crippen LogP contribution in [-0.2, 0) is 0 Å². The summed E-state index contributed by atoms with van der Waals surface area (Å²) in [5.74, 6) is 0. The van der Waals surface area contributed by atoms with E-state index in [1.807, 2.05) is 11.3 Å². The van der Waals surface area contributed by atoms with Crippen LogP contribution in [-0.4, -0.2) is 0 Å². The molecule has 0 amide bonds. The molecule has 0 aliphatic carbocycles. The van der Waals surface area contributed by atoms with Crippen molar-refractivity contribution in [3.05, 3.63) is 94.8 Å². The number of benzene rings is 3. The molecule has 130 valence electrons. The first kappa shape index (κ1) is 16.9. The summed E-state index contributed by atoms with van der Waals surface area (Å²) in [4.78, 5) is 2.61. The van der Waals surface area contributed by atoms with Crippen LogP contribution in [0.15, 0.2) is 94.8 Å². The lowest BCUT2D eigenvalue weighted by molar-refractivity contribution is 1.65. The van der Waals surface area contributed by atoms with Crippen molar-refractivity contribution in [2.24, 2.45) is 0 Å². The molecular formula is C24H15BrS2. The molecule has 0 saturated carbocycles. The highest BCUT2D eigenvalue weighted by Gasteiger charge is 2.08. The largest absolute Gasteiger partial charge is 0.135 e. The minimum atomic E-state index is 1.18. The van der Waals surface area contributed by atoms with Crippen molar-refractivity contribution < 1.29 is 0 Å². The van der Waals surface area contributed by atoms with E-state index in [1.165, 1.54) is 45.9 Å². The average Bonchev–Trinajstić information content (AvgIpc) is 3.34. The Balaban J connectivity index is 1.52. The maximum atomic E-state index is 3.59. The van der Waals surface area contributed by atoms with Crippen molar-refractivity contribution >= 4 is 48.7 Å². The van der Waals surface area contributed by atoms with Gasteiger partial charge in [-0.2, -0.15) is 0 Å². The molecule has 0 nitrogen and oxygen atoms in total. The Bertz CT molecular complexity index is 1230. The van der Waals surface area contributed by atoms with Crippen molar-refractivity contribution in [1.29, 1.82) is 0 Å². The second-order valence-electron chi connectivity index (χ2n) is 6.41. The highest BCUT2D eigenvalue weighted by atomic mass is 79.9. The third-order valence-corrected chi connectivity index (χ3v) is 7.42. The van der Waals surface area contributed by atoms with Gasteiger partial charge in [-0.25, -0.2) is 0 Å². The van der Waals surface area contributed by atoms with Crippen molar-refractivity contribution in [2.75, 3.05) is 0 Å². The molecule has 3 heteroatoms. The van der Waals surface area contributed by atoms with Crippen LogP contribution in [0, 0.1) is 0 Å². The lowest BCUT2D eigenvalue weighted by atomic mass is 10.0. The van der Waals surface area contributed by atoms with E-state index in [1.54, 1.807) is 11.3 Å². The molecule has 5 rings (SSSR count). The van der Waals surface area contributed by atoms with Gasteiger partial charge in [0.15, 0.2) is 0 Å². The molecule has 2 aromatic heterocycles. The average molecular weight is 447 g/mol. The maximum absolute atomic E-state index is 3.59. The third-order valence-electron chi connectivity index (χ3n) is 4.63. The second-order valence-corrected chi connectivity index (χ2v) is 9.96. The lowest BCUT2D eigenvalue weighted by Crippen LogP contribution is -1.79. The minimum Gasteiger partial charge on any atom is -0.135 e. The van der Waals surface area contributed by atoms with E-state index >= 15 is 0 Å². The van der Waals surface area contributed by atoms with Gasteiger partial charge >= 0.3 is 0 Å². The van der Waals surface area contributed by atoms with Gasteiger partial charge in [-0.15, -0.1) is 22.7 Å². The van der Waals surface area contributed by atoms with Gasteiger partial charge in [0.1, 0.15) is 0 Å². The van der Waals surface area contributed by atoms with Crippen molar-refractivity contribution in [3.63, 3.8) is 0 Å². The van der Waals surface area contributed by atoms with Crippen LogP contribution in [0.25, 0.3) is 42.1 Å². The van der Waals surface area contributed by atoms with Gasteiger partial charge in [-0.05, 0) is 73.9 Å². The smallest absolute Gasteiger partial charge is 0.0711 e. The van der Waals surface area contributed by atoms with Gasteiger partial charge in [0, 0.05) is 14.5 Å². The lowest BCUT2D eigenvalue weighted by Gasteiger charge is -2.05. The Hall–Kier alpha value is -2.20. The molecule has 0 aliphatic rings. The van der Waals surface area contributed by atoms with Crippen molar-refractivity contribution in [2.45, 2.75) is 0 Å². The summed E-state index contributed by atoms with van der Waals surface area (Å²) < 4.78 is 2.49. The Labute approximate surface area is 174 Å². The SMILES string of the molecule is Brc1cc2ccc(-c3cccc(-c4ccc(-c5ccccc5)s4)c3)cc2s1. The predicted octanol–water partition coefficient (Wildman–Crippen LogP) is 8.73. The molecule has 0 aliphatic heterocycles. The van der Waals surface area contributed by atoms with Crippen LogP contribution in [0.5, 0.6) is 0 Å². The summed E-state index contributed by atoms with van der Waals surface area (Å²) in [5.41, 5.74) is 5.07. The third kappa shape index (κ3) is 3.39. The van der Waals surface area contributed by atoms with E-state index in [-0.39, 0.29) is 0 Å². The minimum absolute atomic E-state index is 1.18. The predicted molar refractivity (Wildman–Crippen MR) is 124 cm³/mol. The molecule has 2 heterocycles. The van der Waals surface area contributed by atoms with Crippen LogP contribution in [0.3, 0.4) is 0 Å². The van der Waals surface area contributed by atoms with Gasteiger partial charge in [-0.3, -0.25) is 0 Å². The fourth-order valence-electron chi connectivity index (χ4n) is 3.28. The molecule has 0 bridgehead atoms. The standard InChI is InChI=1S/C24H15BrS2/c25-24-15-20-10-9-18(14-23(20)27-24)17-7-4-8-19(13-17)22-12-11-21(26-22)16-5-2-1-3-6-16/h1-15H. The molecule has 0 radical (unpaired) electrons. The first-order valence-electron chi connectivity index (χ1n) is 8.71. The summed E-state index contributed by atoms with van der Waals surface area (Å²) in [7, 11) is 0. The highest BCUT2D eigenvalue weighted by Crippen LogP contribution is 2.37. The normalized spacial score (nSPS) is 11.1. The van der Waals surface area contributed by atoms with Crippen LogP contribution in [0.4, 0.5) is 0 Å². The fraction of sp³-hybridized carbons (Fsp3) is 0. The number of thiophene rings is 2. The van der Waals surface area contributed by atoms with Crippen molar-refractivity contribution in [3.8, 4) is 32.0 Å². The fourth-order valence-corrected chi connectivity index (χ4v) is 5.89. The van der Waals surface area contributed by atoms with E-state index in [2.05, 4.69) is 107 Å². The first-order valence-corrected chi connectivity index (χ1v) is 11.1. The van der Waals surface area contributed by atoms with E-state index in [0.717, 1.165) is 0 Å². The molecule has 0 fully saturated rings. The van der Waals surface area contributed by atoms with Crippen LogP contribution in [0.1, 0.15) is 0 Å². The summed E-state index contributed by atoms with van der Waals surface area (Å²) in [6.45, 7) is 0. The number of halogens is 1. The quantitative estimate of drug-likeness (QED) is 0.259. The summed E-state index contributed by atoms with van der Waals surface area (Å²) in [6, 6.07) is 32.7. The van der Waals surface area contributed by atoms with Crippen LogP contribution < -0.4 is 0 Å². The number of fused-ring (bicyclic) bond motifs is 1. The topological polar surface area (TPSA) is 0 Å². The second kappa shape index (κ2) is 7.08. The molecule has 5 aromatic rings. The van der Waals surface area contributed by atoms with Crippen LogP contribution >= 0.6 is 38.6 Å². The van der Waals surface area contributed by atoms with Gasteiger partial charge in [-0.1, -0.05) is 60.7 Å². The Kier molecular flexibility index (Phi) is 4.44. The van der Waals surface area contributed by atoms with Gasteiger partial charge in [0.05, 0.1) is 3.79 Å². The molecular weight excluding hydrogens is 432 g/mol. The van der Waals surface area contributed by atoms with E-state index < -0.39 is 0 Å². The Morgan fingerprint density at radius 1 is 0.519 bits per heavy atom. The molecule has 0 saturated heterocycles. The monoisotopic (exact) mass is 446 g/mol. The summed E-state index contributed by atoms with van der Waals surface area (Å²) in [5, 5.41) is 1.29. The van der Waals surface area contributed by atoms with E-state index in [0.29, 0.717) is 0 Å². The van der Waals surface area contributed by atoms with Gasteiger partial charge in [0.25, 0.3) is 0 Å². The van der Waals surface area contributed by atoms with E-state index in [4.69, 9.17) is 0 Å². The summed E-state index contributed by atoms with van der Waals surface area (Å²) >= 11 is 7.21. The Morgan fingerprint density at radius 3 is 2.07 bits per heavy atom.